The number of anilines is 1. The lowest BCUT2D eigenvalue weighted by Gasteiger charge is -2.20. The molecule has 0 spiro atoms. The molecule has 3 N–H and O–H groups in total. The molecular weight excluding hydrogens is 192 g/mol. The minimum Gasteiger partial charge on any atom is -0.366 e. The number of hydrogen-bond donors (Lipinski definition) is 2. The first-order valence-electron chi connectivity index (χ1n) is 4.42. The number of allylic oxidation sites excluding steroid dienone is 1. The van der Waals surface area contributed by atoms with Gasteiger partial charge in [0.2, 0.25) is 5.91 Å². The van der Waals surface area contributed by atoms with E-state index in [0.29, 0.717) is 5.56 Å². The van der Waals surface area contributed by atoms with E-state index in [1.807, 2.05) is 6.07 Å². The molecule has 5 nitrogen and oxygen atoms in total. The minimum atomic E-state index is -0.451. The van der Waals surface area contributed by atoms with Crippen molar-refractivity contribution in [1.82, 2.24) is 5.43 Å². The third-order valence-electron chi connectivity index (χ3n) is 1.94. The third kappa shape index (κ3) is 1.96. The monoisotopic (exact) mass is 202 g/mol. The van der Waals surface area contributed by atoms with Crippen LogP contribution in [0.5, 0.6) is 0 Å². The molecule has 1 heterocycles. The van der Waals surface area contributed by atoms with Crippen molar-refractivity contribution in [3.05, 3.63) is 42.1 Å². The predicted molar refractivity (Wildman–Crippen MR) is 58.2 cm³/mol. The van der Waals surface area contributed by atoms with Gasteiger partial charge in [-0.15, -0.1) is 0 Å². The second kappa shape index (κ2) is 3.83. The van der Waals surface area contributed by atoms with Crippen molar-refractivity contribution in [2.45, 2.75) is 0 Å². The van der Waals surface area contributed by atoms with Gasteiger partial charge in [-0.2, -0.15) is 10.2 Å². The molecule has 0 bridgehead atoms. The number of carbonyl (C=O) groups is 1. The lowest BCUT2D eigenvalue weighted by atomic mass is 10.2. The van der Waals surface area contributed by atoms with Gasteiger partial charge in [-0.05, 0) is 24.3 Å². The molecule has 0 radical (unpaired) electrons. The largest absolute Gasteiger partial charge is 0.366 e. The van der Waals surface area contributed by atoms with Crippen LogP contribution in [0.2, 0.25) is 0 Å². The molecule has 0 saturated heterocycles. The smallest absolute Gasteiger partial charge is 0.248 e. The van der Waals surface area contributed by atoms with Gasteiger partial charge in [0, 0.05) is 11.8 Å². The number of hydrazone groups is 1. The van der Waals surface area contributed by atoms with E-state index in [-0.39, 0.29) is 0 Å². The van der Waals surface area contributed by atoms with Gasteiger partial charge in [-0.25, -0.2) is 0 Å². The lowest BCUT2D eigenvalue weighted by Crippen LogP contribution is -2.31. The zero-order chi connectivity index (χ0) is 10.7. The fourth-order valence-corrected chi connectivity index (χ4v) is 1.23. The first-order valence-corrected chi connectivity index (χ1v) is 4.42. The van der Waals surface area contributed by atoms with Crippen LogP contribution in [-0.2, 0) is 0 Å². The van der Waals surface area contributed by atoms with Crippen LogP contribution in [0, 0.1) is 0 Å². The second-order valence-electron chi connectivity index (χ2n) is 2.98. The Morgan fingerprint density at radius 2 is 2.33 bits per heavy atom. The maximum atomic E-state index is 11.0. The number of nitrogens with one attached hydrogen (secondary N) is 1. The van der Waals surface area contributed by atoms with E-state index in [1.165, 1.54) is 0 Å². The van der Waals surface area contributed by atoms with Gasteiger partial charge >= 0.3 is 0 Å². The fourth-order valence-electron chi connectivity index (χ4n) is 1.23. The number of primary amides is 1. The quantitative estimate of drug-likeness (QED) is 0.738. The molecule has 0 aliphatic carbocycles. The number of nitrogens with two attached hydrogens (primary N) is 1. The van der Waals surface area contributed by atoms with Crippen molar-refractivity contribution in [1.29, 1.82) is 0 Å². The summed E-state index contributed by atoms with van der Waals surface area (Å²) in [7, 11) is 0. The molecule has 2 rings (SSSR count). The standard InChI is InChI=1S/C10H10N4O/c11-10(15)8-3-1-4-9(7-8)14-12-5-2-6-13-14/h1-7,12H,(H2,11,15). The SMILES string of the molecule is NC(=O)c1cccc(N2N=CC=CN2)c1. The number of nitrogens with zero attached hydrogens (tertiary/aromatic N) is 2. The zero-order valence-corrected chi connectivity index (χ0v) is 7.92. The summed E-state index contributed by atoms with van der Waals surface area (Å²) in [5.74, 6) is -0.451. The van der Waals surface area contributed by atoms with Gasteiger partial charge in [0.15, 0.2) is 0 Å². The van der Waals surface area contributed by atoms with E-state index in [1.54, 1.807) is 41.8 Å². The Hall–Kier alpha value is -2.30. The summed E-state index contributed by atoms with van der Waals surface area (Å²) < 4.78 is 0. The van der Waals surface area contributed by atoms with E-state index < -0.39 is 5.91 Å². The molecule has 1 aliphatic heterocycles. The highest BCUT2D eigenvalue weighted by atomic mass is 16.1. The first kappa shape index (κ1) is 9.26. The molecule has 0 atom stereocenters. The molecule has 0 aromatic heterocycles. The van der Waals surface area contributed by atoms with E-state index in [2.05, 4.69) is 10.5 Å². The Kier molecular flexibility index (Phi) is 2.37. The van der Waals surface area contributed by atoms with Crippen LogP contribution in [0.3, 0.4) is 0 Å². The van der Waals surface area contributed by atoms with Gasteiger partial charge in [-0.1, -0.05) is 6.07 Å². The highest BCUT2D eigenvalue weighted by Crippen LogP contribution is 2.15. The number of rotatable bonds is 2. The second-order valence-corrected chi connectivity index (χ2v) is 2.98. The first-order chi connectivity index (χ1) is 7.27. The molecule has 76 valence electrons. The average molecular weight is 202 g/mol. The summed E-state index contributed by atoms with van der Waals surface area (Å²) in [6, 6.07) is 6.92. The van der Waals surface area contributed by atoms with Gasteiger partial charge < -0.3 is 5.73 Å². The van der Waals surface area contributed by atoms with Crippen LogP contribution < -0.4 is 16.3 Å². The summed E-state index contributed by atoms with van der Waals surface area (Å²) in [6.07, 6.45) is 5.16. The molecule has 0 saturated carbocycles. The normalized spacial score (nSPS) is 13.7. The Morgan fingerprint density at radius 1 is 1.47 bits per heavy atom. The zero-order valence-electron chi connectivity index (χ0n) is 7.92. The van der Waals surface area contributed by atoms with Crippen LogP contribution >= 0.6 is 0 Å². The van der Waals surface area contributed by atoms with Crippen molar-refractivity contribution >= 4 is 17.8 Å². The summed E-state index contributed by atoms with van der Waals surface area (Å²) >= 11 is 0. The van der Waals surface area contributed by atoms with Crippen molar-refractivity contribution in [3.8, 4) is 0 Å². The number of hydrazine groups is 1. The Balaban J connectivity index is 2.28. The number of benzene rings is 1. The van der Waals surface area contributed by atoms with Crippen molar-refractivity contribution in [2.24, 2.45) is 10.8 Å². The Morgan fingerprint density at radius 3 is 3.00 bits per heavy atom. The highest BCUT2D eigenvalue weighted by molar-refractivity contribution is 5.93. The molecule has 1 aromatic carbocycles. The predicted octanol–water partition coefficient (Wildman–Crippen LogP) is 0.610. The maximum Gasteiger partial charge on any atom is 0.248 e. The summed E-state index contributed by atoms with van der Waals surface area (Å²) in [5.41, 5.74) is 9.30. The molecular formula is C10H10N4O. The molecule has 0 unspecified atom stereocenters. The van der Waals surface area contributed by atoms with E-state index in [0.717, 1.165) is 5.69 Å². The number of carbonyl (C=O) groups excluding carboxylic acids is 1. The fraction of sp³-hybridized carbons (Fsp3) is 0. The van der Waals surface area contributed by atoms with Crippen molar-refractivity contribution in [2.75, 3.05) is 5.12 Å². The molecule has 1 aromatic rings. The van der Waals surface area contributed by atoms with Crippen LogP contribution in [-0.4, -0.2) is 12.1 Å². The van der Waals surface area contributed by atoms with E-state index in [4.69, 9.17) is 5.73 Å². The molecule has 0 fully saturated rings. The third-order valence-corrected chi connectivity index (χ3v) is 1.94. The minimum absolute atomic E-state index is 0.451. The van der Waals surface area contributed by atoms with Crippen LogP contribution in [0.25, 0.3) is 0 Å². The van der Waals surface area contributed by atoms with Gasteiger partial charge in [-0.3, -0.25) is 10.2 Å². The molecule has 1 aliphatic rings. The molecule has 15 heavy (non-hydrogen) atoms. The van der Waals surface area contributed by atoms with Crippen LogP contribution in [0.1, 0.15) is 10.4 Å². The van der Waals surface area contributed by atoms with Gasteiger partial charge in [0.25, 0.3) is 0 Å². The van der Waals surface area contributed by atoms with Gasteiger partial charge in [0.05, 0.1) is 11.9 Å². The van der Waals surface area contributed by atoms with E-state index in [9.17, 15) is 4.79 Å². The lowest BCUT2D eigenvalue weighted by molar-refractivity contribution is 0.100. The topological polar surface area (TPSA) is 70.7 Å². The van der Waals surface area contributed by atoms with Crippen molar-refractivity contribution in [3.63, 3.8) is 0 Å². The average Bonchev–Trinajstić information content (AvgIpc) is 2.30. The van der Waals surface area contributed by atoms with Crippen molar-refractivity contribution < 1.29 is 4.79 Å². The summed E-state index contributed by atoms with van der Waals surface area (Å²) in [6.45, 7) is 0. The van der Waals surface area contributed by atoms with Gasteiger partial charge in [0.1, 0.15) is 0 Å². The molecule has 1 amide bonds. The Bertz CT molecular complexity index is 439. The highest BCUT2D eigenvalue weighted by Gasteiger charge is 2.07. The maximum absolute atomic E-state index is 11.0. The van der Waals surface area contributed by atoms with E-state index >= 15 is 0 Å². The van der Waals surface area contributed by atoms with Crippen LogP contribution in [0.4, 0.5) is 5.69 Å². The summed E-state index contributed by atoms with van der Waals surface area (Å²) in [5, 5.41) is 5.61. The number of amides is 1. The summed E-state index contributed by atoms with van der Waals surface area (Å²) in [4.78, 5) is 11.0. The van der Waals surface area contributed by atoms with Crippen LogP contribution in [0.15, 0.2) is 41.6 Å². The number of hydrogen-bond acceptors (Lipinski definition) is 4. The Labute approximate surface area is 86.8 Å². The molecule has 5 heteroatoms.